The Labute approximate surface area is 122 Å². The van der Waals surface area contributed by atoms with Crippen molar-refractivity contribution in [2.45, 2.75) is 6.42 Å². The van der Waals surface area contributed by atoms with Crippen molar-refractivity contribution in [3.05, 3.63) is 31.7 Å². The minimum absolute atomic E-state index is 0. The first kappa shape index (κ1) is 29.9. The second-order valence-corrected chi connectivity index (χ2v) is 2.50. The van der Waals surface area contributed by atoms with Gasteiger partial charge in [-0.1, -0.05) is 0 Å². The van der Waals surface area contributed by atoms with Crippen molar-refractivity contribution in [3.63, 3.8) is 0 Å². The van der Waals surface area contributed by atoms with Gasteiger partial charge in [-0.15, -0.1) is 6.42 Å². The molecule has 0 saturated carbocycles. The Morgan fingerprint density at radius 2 is 1.19 bits per heavy atom. The van der Waals surface area contributed by atoms with Gasteiger partial charge in [-0.2, -0.15) is 6.08 Å². The van der Waals surface area contributed by atoms with Crippen molar-refractivity contribution in [2.75, 3.05) is 42.3 Å². The summed E-state index contributed by atoms with van der Waals surface area (Å²) in [6, 6.07) is 0. The maximum absolute atomic E-state index is 2.99. The molecule has 0 aromatic heterocycles. The quantitative estimate of drug-likeness (QED) is 0.590. The van der Waals surface area contributed by atoms with E-state index in [0.717, 1.165) is 6.42 Å². The van der Waals surface area contributed by atoms with Crippen molar-refractivity contribution in [2.24, 2.45) is 0 Å². The van der Waals surface area contributed by atoms with Crippen LogP contribution in [0.1, 0.15) is 6.42 Å². The van der Waals surface area contributed by atoms with Crippen LogP contribution in [0.4, 0.5) is 0 Å². The molecular weight excluding hydrogens is 277 g/mol. The topological polar surface area (TPSA) is 36.1 Å². The van der Waals surface area contributed by atoms with E-state index in [1.165, 1.54) is 0 Å². The van der Waals surface area contributed by atoms with Gasteiger partial charge in [0.1, 0.15) is 0 Å². The summed E-state index contributed by atoms with van der Waals surface area (Å²) in [5, 5.41) is 8.25. The van der Waals surface area contributed by atoms with Crippen LogP contribution in [0.15, 0.2) is 18.2 Å². The standard InChI is InChI=1S/C5H5.3C2H7N.CH3.Zr/c1-2-4-5-3-1;3*1-3-2;;/h1-3H,4H2;3*3H,1-2H3;1H3;/q-1;;;;-1;+2. The van der Waals surface area contributed by atoms with Crippen LogP contribution < -0.4 is 16.0 Å². The largest absolute Gasteiger partial charge is 2.00 e. The van der Waals surface area contributed by atoms with Gasteiger partial charge in [0.25, 0.3) is 0 Å². The molecule has 1 aliphatic rings. The predicted octanol–water partition coefficient (Wildman–Crippen LogP) is 1.26. The second kappa shape index (κ2) is 45.5. The van der Waals surface area contributed by atoms with Gasteiger partial charge >= 0.3 is 26.2 Å². The third-order valence-electron chi connectivity index (χ3n) is 0.586. The van der Waals surface area contributed by atoms with Crippen LogP contribution in [0.2, 0.25) is 0 Å². The van der Waals surface area contributed by atoms with Gasteiger partial charge in [-0.3, -0.25) is 6.08 Å². The van der Waals surface area contributed by atoms with Crippen LogP contribution in [0.3, 0.4) is 0 Å². The normalized spacial score (nSPS) is 8.88. The molecule has 0 unspecified atom stereocenters. The van der Waals surface area contributed by atoms with Crippen LogP contribution in [-0.2, 0) is 26.2 Å². The second-order valence-electron chi connectivity index (χ2n) is 2.50. The molecule has 0 bridgehead atoms. The van der Waals surface area contributed by atoms with Crippen LogP contribution in [0.5, 0.6) is 0 Å². The van der Waals surface area contributed by atoms with Crippen molar-refractivity contribution in [1.29, 1.82) is 0 Å². The summed E-state index contributed by atoms with van der Waals surface area (Å²) in [6.07, 6.45) is 10.0. The average molecular weight is 307 g/mol. The molecule has 0 heterocycles. The fourth-order valence-corrected chi connectivity index (χ4v) is 0.340. The van der Waals surface area contributed by atoms with E-state index in [-0.39, 0.29) is 33.6 Å². The predicted molar refractivity (Wildman–Crippen MR) is 72.9 cm³/mol. The van der Waals surface area contributed by atoms with Gasteiger partial charge < -0.3 is 23.4 Å². The van der Waals surface area contributed by atoms with E-state index in [2.05, 4.69) is 28.1 Å². The molecule has 1 aliphatic carbocycles. The summed E-state index contributed by atoms with van der Waals surface area (Å²) in [7, 11) is 11.2. The summed E-state index contributed by atoms with van der Waals surface area (Å²) in [4.78, 5) is 0. The van der Waals surface area contributed by atoms with E-state index < -0.39 is 0 Å². The maximum atomic E-state index is 2.99. The first-order valence-corrected chi connectivity index (χ1v) is 4.72. The summed E-state index contributed by atoms with van der Waals surface area (Å²) in [5.74, 6) is 0. The van der Waals surface area contributed by atoms with Gasteiger partial charge in [0, 0.05) is 0 Å². The van der Waals surface area contributed by atoms with Gasteiger partial charge in [0.15, 0.2) is 0 Å². The number of rotatable bonds is 0. The minimum atomic E-state index is 0. The molecule has 0 spiro atoms. The monoisotopic (exact) mass is 305 g/mol. The minimum Gasteiger partial charge on any atom is -0.358 e. The third kappa shape index (κ3) is 90.9. The smallest absolute Gasteiger partial charge is 0.358 e. The van der Waals surface area contributed by atoms with E-state index in [0.29, 0.717) is 0 Å². The van der Waals surface area contributed by atoms with Crippen LogP contribution in [-0.4, -0.2) is 42.3 Å². The van der Waals surface area contributed by atoms with Crippen LogP contribution >= 0.6 is 0 Å². The van der Waals surface area contributed by atoms with E-state index >= 15 is 0 Å². The van der Waals surface area contributed by atoms with Gasteiger partial charge in [0.05, 0.1) is 0 Å². The molecule has 3 N–H and O–H groups in total. The SMILES string of the molecule is CNC.CNC.CNC.[C-]1=CC=CC1.[CH3-].[Zr+2]. The number of nitrogens with one attached hydrogen (secondary N) is 3. The molecule has 4 heteroatoms. The molecule has 0 saturated heterocycles. The van der Waals surface area contributed by atoms with Gasteiger partial charge in [0.2, 0.25) is 0 Å². The number of hydrogen-bond acceptors (Lipinski definition) is 3. The zero-order valence-corrected chi connectivity index (χ0v) is 14.4. The van der Waals surface area contributed by atoms with Crippen molar-refractivity contribution in [3.8, 4) is 0 Å². The molecule has 0 radical (unpaired) electrons. The summed E-state index contributed by atoms with van der Waals surface area (Å²) in [5.41, 5.74) is 0. The molecule has 1 rings (SSSR count). The first-order chi connectivity index (χ1) is 6.74. The first-order valence-electron chi connectivity index (χ1n) is 4.72. The average Bonchev–Trinajstić information content (AvgIpc) is 2.63. The van der Waals surface area contributed by atoms with Gasteiger partial charge in [-0.05, 0) is 42.3 Å². The Kier molecular flexibility index (Phi) is 84.9. The molecular formula is C12H29N3Zr. The molecule has 0 aromatic rings. The fraction of sp³-hybridized carbons (Fsp3) is 0.583. The summed E-state index contributed by atoms with van der Waals surface area (Å²) < 4.78 is 0. The zero-order valence-electron chi connectivity index (χ0n) is 11.9. The van der Waals surface area contributed by atoms with E-state index in [1.54, 1.807) is 0 Å². The molecule has 0 fully saturated rings. The molecule has 0 atom stereocenters. The molecule has 96 valence electrons. The fourth-order valence-electron chi connectivity index (χ4n) is 0.340. The Morgan fingerprint density at radius 1 is 0.875 bits per heavy atom. The number of allylic oxidation sites excluding steroid dienone is 4. The zero-order chi connectivity index (χ0) is 11.7. The molecule has 0 aromatic carbocycles. The third-order valence-corrected chi connectivity index (χ3v) is 0.586. The van der Waals surface area contributed by atoms with Crippen LogP contribution in [0.25, 0.3) is 0 Å². The Balaban J connectivity index is -0.0000000336. The molecule has 3 nitrogen and oxygen atoms in total. The molecule has 16 heavy (non-hydrogen) atoms. The van der Waals surface area contributed by atoms with E-state index in [1.807, 2.05) is 54.4 Å². The maximum Gasteiger partial charge on any atom is 2.00 e. The Hall–Kier alpha value is 0.243. The van der Waals surface area contributed by atoms with E-state index in [9.17, 15) is 0 Å². The number of hydrogen-bond donors (Lipinski definition) is 3. The summed E-state index contributed by atoms with van der Waals surface area (Å²) in [6.45, 7) is 0. The Bertz CT molecular complexity index is 100. The molecule has 0 aliphatic heterocycles. The Morgan fingerprint density at radius 3 is 1.25 bits per heavy atom. The summed E-state index contributed by atoms with van der Waals surface area (Å²) >= 11 is 0. The van der Waals surface area contributed by atoms with Crippen molar-refractivity contribution in [1.82, 2.24) is 16.0 Å². The van der Waals surface area contributed by atoms with Crippen molar-refractivity contribution < 1.29 is 26.2 Å². The van der Waals surface area contributed by atoms with Crippen LogP contribution in [0, 0.1) is 13.5 Å². The van der Waals surface area contributed by atoms with Crippen molar-refractivity contribution >= 4 is 0 Å². The van der Waals surface area contributed by atoms with E-state index in [4.69, 9.17) is 0 Å². The molecule has 0 amide bonds. The van der Waals surface area contributed by atoms with Gasteiger partial charge in [-0.25, -0.2) is 12.2 Å².